The lowest BCUT2D eigenvalue weighted by Crippen LogP contribution is -2.43. The molecule has 0 atom stereocenters. The Morgan fingerprint density at radius 2 is 1.69 bits per heavy atom. The second kappa shape index (κ2) is 8.84. The number of nitrogens with two attached hydrogens (primary N) is 2. The van der Waals surface area contributed by atoms with Crippen LogP contribution in [0.3, 0.4) is 0 Å². The van der Waals surface area contributed by atoms with E-state index in [2.05, 4.69) is 17.3 Å². The van der Waals surface area contributed by atoms with Gasteiger partial charge in [-0.1, -0.05) is 24.3 Å². The molecule has 0 spiro atoms. The normalized spacial score (nSPS) is 15.0. The largest absolute Gasteiger partial charge is 0.384 e. The summed E-state index contributed by atoms with van der Waals surface area (Å²) in [5.74, 6) is -0.621. The molecule has 0 saturated carbocycles. The van der Waals surface area contributed by atoms with Crippen molar-refractivity contribution >= 4 is 28.6 Å². The lowest BCUT2D eigenvalue weighted by molar-refractivity contribution is 0.0907. The summed E-state index contributed by atoms with van der Waals surface area (Å²) in [5, 5.41) is 11.9. The number of fused-ring (bicyclic) bond motifs is 1. The van der Waals surface area contributed by atoms with E-state index < -0.39 is 5.91 Å². The molecule has 0 unspecified atom stereocenters. The number of hydrogen-bond acceptors (Lipinski definition) is 4. The van der Waals surface area contributed by atoms with Crippen LogP contribution in [-0.4, -0.2) is 53.3 Å². The summed E-state index contributed by atoms with van der Waals surface area (Å²) in [4.78, 5) is 26.9. The molecule has 2 aromatic carbocycles. The van der Waals surface area contributed by atoms with Crippen molar-refractivity contribution in [2.75, 3.05) is 20.1 Å². The van der Waals surface area contributed by atoms with Gasteiger partial charge in [0.25, 0.3) is 5.91 Å². The minimum Gasteiger partial charge on any atom is -0.384 e. The molecule has 6 N–H and O–H groups in total. The van der Waals surface area contributed by atoms with Crippen LogP contribution in [0.5, 0.6) is 0 Å². The van der Waals surface area contributed by atoms with Crippen LogP contribution >= 0.6 is 0 Å². The number of benzene rings is 2. The predicted molar refractivity (Wildman–Crippen MR) is 125 cm³/mol. The quantitative estimate of drug-likeness (QED) is 0.350. The van der Waals surface area contributed by atoms with Crippen molar-refractivity contribution in [1.82, 2.24) is 14.8 Å². The number of nitrogens with zero attached hydrogens (tertiary/aromatic N) is 2. The molecule has 8 heteroatoms. The van der Waals surface area contributed by atoms with E-state index in [1.54, 1.807) is 18.2 Å². The van der Waals surface area contributed by atoms with Gasteiger partial charge in [-0.05, 0) is 62.8 Å². The highest BCUT2D eigenvalue weighted by molar-refractivity contribution is 6.02. The van der Waals surface area contributed by atoms with Gasteiger partial charge in [0.05, 0.1) is 0 Å². The lowest BCUT2D eigenvalue weighted by Gasteiger charge is -2.29. The summed E-state index contributed by atoms with van der Waals surface area (Å²) in [6, 6.07) is 14.6. The summed E-state index contributed by atoms with van der Waals surface area (Å²) in [6.07, 6.45) is 1.84. The molecular formula is C24H28N6O2. The molecular weight excluding hydrogens is 404 g/mol. The van der Waals surface area contributed by atoms with Gasteiger partial charge in [-0.2, -0.15) is 0 Å². The van der Waals surface area contributed by atoms with Crippen molar-refractivity contribution in [3.63, 3.8) is 0 Å². The first-order valence-electron chi connectivity index (χ1n) is 10.7. The summed E-state index contributed by atoms with van der Waals surface area (Å²) in [7, 11) is 2.09. The molecule has 2 amide bonds. The SMILES string of the molecule is CN1CCC(NC(=O)c2cc3ccc(C(=N)N)cc3n2Cc2ccc(C(N)=O)cc2)CC1. The fraction of sp³-hybridized carbons (Fsp3) is 0.292. The van der Waals surface area contributed by atoms with Crippen LogP contribution in [0.4, 0.5) is 0 Å². The second-order valence-corrected chi connectivity index (χ2v) is 8.42. The average Bonchev–Trinajstić information content (AvgIpc) is 3.13. The maximum absolute atomic E-state index is 13.3. The van der Waals surface area contributed by atoms with Crippen molar-refractivity contribution in [1.29, 1.82) is 5.41 Å². The molecule has 1 aromatic heterocycles. The molecule has 2 heterocycles. The van der Waals surface area contributed by atoms with Gasteiger partial charge in [-0.15, -0.1) is 0 Å². The van der Waals surface area contributed by atoms with Crippen LogP contribution in [0.2, 0.25) is 0 Å². The van der Waals surface area contributed by atoms with Crippen molar-refractivity contribution in [2.45, 2.75) is 25.4 Å². The molecule has 1 aliphatic rings. The minimum atomic E-state index is -0.479. The number of amides is 2. The monoisotopic (exact) mass is 432 g/mol. The lowest BCUT2D eigenvalue weighted by atomic mass is 10.1. The number of amidine groups is 1. The highest BCUT2D eigenvalue weighted by atomic mass is 16.2. The van der Waals surface area contributed by atoms with Gasteiger partial charge < -0.3 is 26.3 Å². The van der Waals surface area contributed by atoms with E-state index in [0.29, 0.717) is 23.4 Å². The van der Waals surface area contributed by atoms with Gasteiger partial charge in [-0.3, -0.25) is 15.0 Å². The Hall–Kier alpha value is -3.65. The molecule has 32 heavy (non-hydrogen) atoms. The Morgan fingerprint density at radius 3 is 2.31 bits per heavy atom. The summed E-state index contributed by atoms with van der Waals surface area (Å²) < 4.78 is 1.94. The summed E-state index contributed by atoms with van der Waals surface area (Å²) in [5.41, 5.74) is 14.4. The molecule has 0 radical (unpaired) electrons. The Kier molecular flexibility index (Phi) is 5.96. The minimum absolute atomic E-state index is 0.0252. The number of carbonyl (C=O) groups excluding carboxylic acids is 2. The van der Waals surface area contributed by atoms with Crippen molar-refractivity contribution in [2.24, 2.45) is 11.5 Å². The Balaban J connectivity index is 1.69. The molecule has 8 nitrogen and oxygen atoms in total. The van der Waals surface area contributed by atoms with Crippen molar-refractivity contribution in [3.05, 3.63) is 70.9 Å². The van der Waals surface area contributed by atoms with Crippen LogP contribution in [0.15, 0.2) is 48.5 Å². The first kappa shape index (κ1) is 21.6. The number of rotatable bonds is 6. The van der Waals surface area contributed by atoms with Crippen LogP contribution in [0, 0.1) is 5.41 Å². The number of likely N-dealkylation sites (tertiary alicyclic amines) is 1. The zero-order valence-electron chi connectivity index (χ0n) is 18.1. The highest BCUT2D eigenvalue weighted by Gasteiger charge is 2.22. The third-order valence-corrected chi connectivity index (χ3v) is 6.08. The van der Waals surface area contributed by atoms with Gasteiger partial charge in [0.15, 0.2) is 0 Å². The zero-order valence-corrected chi connectivity index (χ0v) is 18.1. The number of aromatic nitrogens is 1. The zero-order chi connectivity index (χ0) is 22.8. The fourth-order valence-electron chi connectivity index (χ4n) is 4.15. The van der Waals surface area contributed by atoms with E-state index in [4.69, 9.17) is 16.9 Å². The maximum Gasteiger partial charge on any atom is 0.268 e. The maximum atomic E-state index is 13.3. The molecule has 1 fully saturated rings. The Bertz CT molecular complexity index is 1170. The number of piperidine rings is 1. The topological polar surface area (TPSA) is 130 Å². The number of primary amides is 1. The molecule has 4 rings (SSSR count). The van der Waals surface area contributed by atoms with Gasteiger partial charge in [0.1, 0.15) is 11.5 Å². The van der Waals surface area contributed by atoms with Gasteiger partial charge >= 0.3 is 0 Å². The number of hydrogen-bond donors (Lipinski definition) is 4. The third kappa shape index (κ3) is 4.50. The van der Waals surface area contributed by atoms with Crippen molar-refractivity contribution in [3.8, 4) is 0 Å². The summed E-state index contributed by atoms with van der Waals surface area (Å²) >= 11 is 0. The smallest absolute Gasteiger partial charge is 0.268 e. The molecule has 0 bridgehead atoms. The second-order valence-electron chi connectivity index (χ2n) is 8.42. The first-order valence-corrected chi connectivity index (χ1v) is 10.7. The molecule has 3 aromatic rings. The molecule has 1 saturated heterocycles. The van der Waals surface area contributed by atoms with E-state index >= 15 is 0 Å². The molecule has 166 valence electrons. The average molecular weight is 433 g/mol. The first-order chi connectivity index (χ1) is 15.3. The van der Waals surface area contributed by atoms with Crippen LogP contribution in [0.1, 0.15) is 44.8 Å². The van der Waals surface area contributed by atoms with Gasteiger partial charge in [0.2, 0.25) is 5.91 Å². The van der Waals surface area contributed by atoms with E-state index in [0.717, 1.165) is 42.4 Å². The van der Waals surface area contributed by atoms with E-state index in [9.17, 15) is 9.59 Å². The number of carbonyl (C=O) groups is 2. The van der Waals surface area contributed by atoms with Gasteiger partial charge in [0, 0.05) is 34.6 Å². The molecule has 1 aliphatic heterocycles. The predicted octanol–water partition coefficient (Wildman–Crippen LogP) is 1.90. The number of nitrogen functional groups attached to an aromatic ring is 1. The van der Waals surface area contributed by atoms with E-state index in [-0.39, 0.29) is 17.8 Å². The van der Waals surface area contributed by atoms with E-state index in [1.165, 1.54) is 0 Å². The Morgan fingerprint density at radius 1 is 1.03 bits per heavy atom. The third-order valence-electron chi connectivity index (χ3n) is 6.08. The Labute approximate surface area is 186 Å². The highest BCUT2D eigenvalue weighted by Crippen LogP contribution is 2.24. The van der Waals surface area contributed by atoms with Crippen LogP contribution < -0.4 is 16.8 Å². The fourth-order valence-corrected chi connectivity index (χ4v) is 4.15. The number of nitrogens with one attached hydrogen (secondary N) is 2. The van der Waals surface area contributed by atoms with Crippen molar-refractivity contribution < 1.29 is 9.59 Å². The summed E-state index contributed by atoms with van der Waals surface area (Å²) in [6.45, 7) is 2.35. The van der Waals surface area contributed by atoms with E-state index in [1.807, 2.05) is 34.9 Å². The standard InChI is InChI=1S/C24H28N6O2/c1-29-10-8-19(9-11-29)28-24(32)21-12-17-6-7-18(22(25)26)13-20(17)30(21)14-15-2-4-16(5-3-15)23(27)31/h2-7,12-13,19H,8-11,14H2,1H3,(H3,25,26)(H2,27,31)(H,28,32). The van der Waals surface area contributed by atoms with Gasteiger partial charge in [-0.25, -0.2) is 0 Å². The van der Waals surface area contributed by atoms with Crippen LogP contribution in [-0.2, 0) is 6.54 Å². The molecule has 0 aliphatic carbocycles. The van der Waals surface area contributed by atoms with Crippen LogP contribution in [0.25, 0.3) is 10.9 Å².